The van der Waals surface area contributed by atoms with Gasteiger partial charge in [-0.15, -0.1) is 0 Å². The predicted molar refractivity (Wildman–Crippen MR) is 72.3 cm³/mol. The lowest BCUT2D eigenvalue weighted by Gasteiger charge is -2.18. The van der Waals surface area contributed by atoms with Crippen LogP contribution in [-0.2, 0) is 10.0 Å². The molecule has 0 fully saturated rings. The molecule has 0 aliphatic heterocycles. The number of sulfonamides is 1. The molecule has 1 aromatic rings. The first-order chi connectivity index (χ1) is 8.20. The van der Waals surface area contributed by atoms with E-state index in [0.717, 1.165) is 22.3 Å². The van der Waals surface area contributed by atoms with E-state index in [0.29, 0.717) is 4.90 Å². The molecule has 0 saturated heterocycles. The zero-order valence-electron chi connectivity index (χ0n) is 11.5. The summed E-state index contributed by atoms with van der Waals surface area (Å²) in [5, 5.41) is 8.97. The number of hydrogen-bond donors (Lipinski definition) is 2. The van der Waals surface area contributed by atoms with Gasteiger partial charge in [0.15, 0.2) is 0 Å². The summed E-state index contributed by atoms with van der Waals surface area (Å²) < 4.78 is 27.1. The Morgan fingerprint density at radius 2 is 1.61 bits per heavy atom. The third-order valence-corrected chi connectivity index (χ3v) is 5.06. The smallest absolute Gasteiger partial charge is 0.241 e. The standard InChI is InChI=1S/C13H21NO3S/c1-8-6-9(2)12(5)13(11(8)4)18(16,17)14-10(3)7-15/h6,10,14-15H,7H2,1-5H3/t10-/m0/s1. The lowest BCUT2D eigenvalue weighted by Crippen LogP contribution is -2.35. The average molecular weight is 271 g/mol. The van der Waals surface area contributed by atoms with Crippen molar-refractivity contribution in [2.75, 3.05) is 6.61 Å². The summed E-state index contributed by atoms with van der Waals surface area (Å²) in [5.74, 6) is 0. The second-order valence-electron chi connectivity index (χ2n) is 4.79. The van der Waals surface area contributed by atoms with E-state index < -0.39 is 16.1 Å². The maximum atomic E-state index is 12.3. The molecule has 0 amide bonds. The van der Waals surface area contributed by atoms with Crippen LogP contribution < -0.4 is 4.72 Å². The Morgan fingerprint density at radius 1 is 1.17 bits per heavy atom. The maximum absolute atomic E-state index is 12.3. The van der Waals surface area contributed by atoms with Crippen molar-refractivity contribution in [1.29, 1.82) is 0 Å². The lowest BCUT2D eigenvalue weighted by atomic mass is 10.0. The summed E-state index contributed by atoms with van der Waals surface area (Å²) >= 11 is 0. The topological polar surface area (TPSA) is 66.4 Å². The summed E-state index contributed by atoms with van der Waals surface area (Å²) in [5.41, 5.74) is 3.43. The molecule has 18 heavy (non-hydrogen) atoms. The molecule has 5 heteroatoms. The summed E-state index contributed by atoms with van der Waals surface area (Å²) in [6.45, 7) is 8.82. The van der Waals surface area contributed by atoms with Crippen LogP contribution in [0.2, 0.25) is 0 Å². The van der Waals surface area contributed by atoms with Crippen LogP contribution in [0.4, 0.5) is 0 Å². The predicted octanol–water partition coefficient (Wildman–Crippen LogP) is 1.58. The number of aliphatic hydroxyl groups is 1. The Labute approximate surface area is 109 Å². The zero-order valence-corrected chi connectivity index (χ0v) is 12.4. The Balaban J connectivity index is 3.41. The first-order valence-corrected chi connectivity index (χ1v) is 7.39. The minimum absolute atomic E-state index is 0.220. The fourth-order valence-electron chi connectivity index (χ4n) is 1.94. The van der Waals surface area contributed by atoms with E-state index in [4.69, 9.17) is 5.11 Å². The molecule has 1 rings (SSSR count). The number of aliphatic hydroxyl groups excluding tert-OH is 1. The zero-order chi connectivity index (χ0) is 14.1. The molecule has 4 nitrogen and oxygen atoms in total. The third kappa shape index (κ3) is 2.91. The minimum Gasteiger partial charge on any atom is -0.395 e. The van der Waals surface area contributed by atoms with Gasteiger partial charge in [-0.05, 0) is 56.9 Å². The van der Waals surface area contributed by atoms with Crippen molar-refractivity contribution >= 4 is 10.0 Å². The van der Waals surface area contributed by atoms with E-state index in [1.54, 1.807) is 20.8 Å². The highest BCUT2D eigenvalue weighted by atomic mass is 32.2. The molecule has 0 radical (unpaired) electrons. The first-order valence-electron chi connectivity index (χ1n) is 5.91. The van der Waals surface area contributed by atoms with E-state index in [2.05, 4.69) is 4.72 Å². The van der Waals surface area contributed by atoms with Crippen molar-refractivity contribution < 1.29 is 13.5 Å². The number of hydrogen-bond acceptors (Lipinski definition) is 3. The molecule has 0 saturated carbocycles. The van der Waals surface area contributed by atoms with Crippen LogP contribution in [-0.4, -0.2) is 26.2 Å². The van der Waals surface area contributed by atoms with E-state index in [-0.39, 0.29) is 6.61 Å². The maximum Gasteiger partial charge on any atom is 0.241 e. The largest absolute Gasteiger partial charge is 0.395 e. The molecule has 0 unspecified atom stereocenters. The summed E-state index contributed by atoms with van der Waals surface area (Å²) in [4.78, 5) is 0.334. The van der Waals surface area contributed by atoms with Gasteiger partial charge in [0.1, 0.15) is 0 Å². The van der Waals surface area contributed by atoms with Gasteiger partial charge in [-0.3, -0.25) is 0 Å². The molecule has 1 atom stereocenters. The van der Waals surface area contributed by atoms with Crippen LogP contribution >= 0.6 is 0 Å². The number of nitrogens with one attached hydrogen (secondary N) is 1. The fraction of sp³-hybridized carbons (Fsp3) is 0.538. The second kappa shape index (κ2) is 5.38. The normalized spacial score (nSPS) is 13.7. The van der Waals surface area contributed by atoms with Gasteiger partial charge in [-0.25, -0.2) is 13.1 Å². The quantitative estimate of drug-likeness (QED) is 0.873. The van der Waals surface area contributed by atoms with Crippen LogP contribution in [0.5, 0.6) is 0 Å². The average Bonchev–Trinajstić information content (AvgIpc) is 2.25. The Hall–Kier alpha value is -0.910. The monoisotopic (exact) mass is 271 g/mol. The molecule has 1 aromatic carbocycles. The van der Waals surface area contributed by atoms with Crippen LogP contribution in [0.3, 0.4) is 0 Å². The summed E-state index contributed by atoms with van der Waals surface area (Å²) in [6, 6.07) is 1.49. The van der Waals surface area contributed by atoms with Crippen molar-refractivity contribution in [2.45, 2.75) is 45.6 Å². The van der Waals surface area contributed by atoms with Gasteiger partial charge in [0, 0.05) is 6.04 Å². The summed E-state index contributed by atoms with van der Waals surface area (Å²) in [6.07, 6.45) is 0. The van der Waals surface area contributed by atoms with Crippen LogP contribution in [0, 0.1) is 27.7 Å². The fourth-order valence-corrected chi connectivity index (χ4v) is 3.80. The third-order valence-electron chi connectivity index (χ3n) is 3.20. The molecule has 0 bridgehead atoms. The van der Waals surface area contributed by atoms with Gasteiger partial charge in [0.2, 0.25) is 10.0 Å². The highest BCUT2D eigenvalue weighted by molar-refractivity contribution is 7.89. The molecule has 0 aliphatic carbocycles. The van der Waals surface area contributed by atoms with Gasteiger partial charge in [-0.1, -0.05) is 6.07 Å². The van der Waals surface area contributed by atoms with Crippen molar-refractivity contribution in [3.8, 4) is 0 Å². The number of rotatable bonds is 4. The van der Waals surface area contributed by atoms with Gasteiger partial charge in [-0.2, -0.15) is 0 Å². The Morgan fingerprint density at radius 3 is 2.00 bits per heavy atom. The summed E-state index contributed by atoms with van der Waals surface area (Å²) in [7, 11) is -3.59. The molecule has 0 aliphatic rings. The van der Waals surface area contributed by atoms with Crippen LogP contribution in [0.25, 0.3) is 0 Å². The Bertz CT molecular complexity index is 524. The molecular formula is C13H21NO3S. The van der Waals surface area contributed by atoms with Gasteiger partial charge in [0.05, 0.1) is 11.5 Å². The SMILES string of the molecule is Cc1cc(C)c(C)c(S(=O)(=O)N[C@@H](C)CO)c1C. The van der Waals surface area contributed by atoms with Crippen molar-refractivity contribution in [3.63, 3.8) is 0 Å². The lowest BCUT2D eigenvalue weighted by molar-refractivity contribution is 0.265. The van der Waals surface area contributed by atoms with E-state index in [1.807, 2.05) is 19.9 Å². The van der Waals surface area contributed by atoms with Crippen LogP contribution in [0.15, 0.2) is 11.0 Å². The Kier molecular flexibility index (Phi) is 4.53. The van der Waals surface area contributed by atoms with Crippen molar-refractivity contribution in [1.82, 2.24) is 4.72 Å². The van der Waals surface area contributed by atoms with Crippen LogP contribution in [0.1, 0.15) is 29.2 Å². The van der Waals surface area contributed by atoms with Gasteiger partial charge < -0.3 is 5.11 Å². The molecule has 0 heterocycles. The number of aryl methyl sites for hydroxylation is 2. The molecule has 0 aromatic heterocycles. The van der Waals surface area contributed by atoms with E-state index in [1.165, 1.54) is 0 Å². The molecule has 102 valence electrons. The molecular weight excluding hydrogens is 250 g/mol. The minimum atomic E-state index is -3.59. The van der Waals surface area contributed by atoms with Crippen molar-refractivity contribution in [3.05, 3.63) is 28.3 Å². The number of benzene rings is 1. The van der Waals surface area contributed by atoms with Gasteiger partial charge >= 0.3 is 0 Å². The highest BCUT2D eigenvalue weighted by Gasteiger charge is 2.23. The van der Waals surface area contributed by atoms with Crippen molar-refractivity contribution in [2.24, 2.45) is 0 Å². The van der Waals surface area contributed by atoms with Gasteiger partial charge in [0.25, 0.3) is 0 Å². The van der Waals surface area contributed by atoms with E-state index >= 15 is 0 Å². The highest BCUT2D eigenvalue weighted by Crippen LogP contribution is 2.25. The van der Waals surface area contributed by atoms with E-state index in [9.17, 15) is 8.42 Å². The molecule has 2 N–H and O–H groups in total. The molecule has 0 spiro atoms. The first kappa shape index (κ1) is 15.1. The second-order valence-corrected chi connectivity index (χ2v) is 6.45.